The van der Waals surface area contributed by atoms with Gasteiger partial charge in [0.1, 0.15) is 12.4 Å². The third kappa shape index (κ3) is 7.04. The highest BCUT2D eigenvalue weighted by molar-refractivity contribution is 6.32. The lowest BCUT2D eigenvalue weighted by atomic mass is 9.96. The zero-order valence-electron chi connectivity index (χ0n) is 26.6. The number of fused-ring (bicyclic) bond motifs is 1. The van der Waals surface area contributed by atoms with Gasteiger partial charge in [-0.2, -0.15) is 9.78 Å². The fraction of sp³-hybridized carbons (Fsp3) is 0.270. The lowest BCUT2D eigenvalue weighted by molar-refractivity contribution is 0.269. The number of nitrogens with zero attached hydrogens (tertiary/aromatic N) is 3. The first-order valence-corrected chi connectivity index (χ1v) is 15.6. The number of aryl methyl sites for hydroxylation is 2. The molecular weight excluding hydrogens is 586 g/mol. The van der Waals surface area contributed by atoms with Gasteiger partial charge in [0.25, 0.3) is 5.56 Å². The average Bonchev–Trinajstić information content (AvgIpc) is 3.00. The molecule has 8 heteroatoms. The number of para-hydroxylation sites is 1. The standard InChI is InChI=1S/C37H38ClN3O4/c1-7-43-33-17-25(6)30(20-29(33)23(3)4)36-40-32-15-10-9-14-28(32)37(42)41(36)39-21-27-18-31(38)35(34(19-27)44-8-2)45-22-26-13-11-12-24(5)16-26/h9-21,23H,7-8,22H2,1-6H3. The van der Waals surface area contributed by atoms with Crippen molar-refractivity contribution in [3.8, 4) is 28.6 Å². The Balaban J connectivity index is 1.60. The fourth-order valence-electron chi connectivity index (χ4n) is 5.22. The smallest absolute Gasteiger partial charge is 0.282 e. The van der Waals surface area contributed by atoms with Crippen LogP contribution >= 0.6 is 11.6 Å². The van der Waals surface area contributed by atoms with Crippen LogP contribution in [0.4, 0.5) is 0 Å². The van der Waals surface area contributed by atoms with E-state index in [4.69, 9.17) is 30.8 Å². The van der Waals surface area contributed by atoms with Crippen molar-refractivity contribution < 1.29 is 14.2 Å². The van der Waals surface area contributed by atoms with Gasteiger partial charge in [-0.05, 0) is 92.3 Å². The second kappa shape index (κ2) is 14.0. The number of aromatic nitrogens is 2. The van der Waals surface area contributed by atoms with Crippen LogP contribution < -0.4 is 19.8 Å². The minimum atomic E-state index is -0.277. The third-order valence-corrected chi connectivity index (χ3v) is 7.67. The minimum Gasteiger partial charge on any atom is -0.494 e. The molecule has 0 fully saturated rings. The molecule has 0 unspecified atom stereocenters. The Labute approximate surface area is 269 Å². The molecule has 0 saturated heterocycles. The lowest BCUT2D eigenvalue weighted by Gasteiger charge is -2.18. The average molecular weight is 624 g/mol. The summed E-state index contributed by atoms with van der Waals surface area (Å²) in [5, 5.41) is 5.53. The highest BCUT2D eigenvalue weighted by Crippen LogP contribution is 2.37. The number of hydrogen-bond acceptors (Lipinski definition) is 6. The van der Waals surface area contributed by atoms with Crippen molar-refractivity contribution in [3.63, 3.8) is 0 Å². The Bertz CT molecular complexity index is 1930. The largest absolute Gasteiger partial charge is 0.494 e. The molecule has 232 valence electrons. The Morgan fingerprint density at radius 1 is 0.911 bits per heavy atom. The van der Waals surface area contributed by atoms with Gasteiger partial charge in [-0.1, -0.05) is 67.4 Å². The summed E-state index contributed by atoms with van der Waals surface area (Å²) in [4.78, 5) is 18.8. The van der Waals surface area contributed by atoms with Gasteiger partial charge >= 0.3 is 0 Å². The fourth-order valence-corrected chi connectivity index (χ4v) is 5.50. The summed E-state index contributed by atoms with van der Waals surface area (Å²) >= 11 is 6.73. The van der Waals surface area contributed by atoms with Gasteiger partial charge in [-0.25, -0.2) is 4.98 Å². The van der Waals surface area contributed by atoms with Crippen LogP contribution in [0.5, 0.6) is 17.2 Å². The first kappa shape index (κ1) is 31.8. The van der Waals surface area contributed by atoms with E-state index in [1.807, 2.05) is 76.2 Å². The van der Waals surface area contributed by atoms with Crippen molar-refractivity contribution in [2.45, 2.75) is 54.1 Å². The minimum absolute atomic E-state index is 0.195. The number of benzene rings is 4. The summed E-state index contributed by atoms with van der Waals surface area (Å²) in [5.41, 5.74) is 5.90. The van der Waals surface area contributed by atoms with Crippen LogP contribution in [0.1, 0.15) is 61.4 Å². The van der Waals surface area contributed by atoms with E-state index in [1.165, 1.54) is 4.68 Å². The number of hydrogen-bond donors (Lipinski definition) is 0. The van der Waals surface area contributed by atoms with Crippen molar-refractivity contribution >= 4 is 28.7 Å². The molecule has 0 N–H and O–H groups in total. The molecular formula is C37H38ClN3O4. The molecule has 0 saturated carbocycles. The first-order chi connectivity index (χ1) is 21.7. The lowest BCUT2D eigenvalue weighted by Crippen LogP contribution is -2.21. The summed E-state index contributed by atoms with van der Waals surface area (Å²) in [5.74, 6) is 2.41. The molecule has 1 aromatic heterocycles. The van der Waals surface area contributed by atoms with Crippen LogP contribution in [-0.4, -0.2) is 29.1 Å². The van der Waals surface area contributed by atoms with Crippen LogP contribution in [0, 0.1) is 13.8 Å². The molecule has 4 aromatic carbocycles. The van der Waals surface area contributed by atoms with Gasteiger partial charge < -0.3 is 14.2 Å². The van der Waals surface area contributed by atoms with Crippen molar-refractivity contribution in [2.24, 2.45) is 5.10 Å². The normalized spacial score (nSPS) is 11.5. The maximum Gasteiger partial charge on any atom is 0.282 e. The van der Waals surface area contributed by atoms with E-state index in [-0.39, 0.29) is 11.5 Å². The Hall–Kier alpha value is -4.62. The summed E-state index contributed by atoms with van der Waals surface area (Å²) in [6, 6.07) is 23.0. The molecule has 0 aliphatic carbocycles. The quantitative estimate of drug-likeness (QED) is 0.138. The zero-order valence-corrected chi connectivity index (χ0v) is 27.3. The molecule has 0 spiro atoms. The molecule has 7 nitrogen and oxygen atoms in total. The van der Waals surface area contributed by atoms with Gasteiger partial charge in [0, 0.05) is 5.56 Å². The van der Waals surface area contributed by atoms with E-state index in [0.717, 1.165) is 33.6 Å². The molecule has 45 heavy (non-hydrogen) atoms. The molecule has 0 aliphatic rings. The molecule has 0 radical (unpaired) electrons. The van der Waals surface area contributed by atoms with Crippen LogP contribution in [0.25, 0.3) is 22.3 Å². The molecule has 5 rings (SSSR count). The van der Waals surface area contributed by atoms with E-state index in [1.54, 1.807) is 18.3 Å². The zero-order chi connectivity index (χ0) is 32.1. The van der Waals surface area contributed by atoms with Crippen molar-refractivity contribution in [1.82, 2.24) is 9.66 Å². The van der Waals surface area contributed by atoms with E-state index in [2.05, 4.69) is 31.1 Å². The van der Waals surface area contributed by atoms with Crippen LogP contribution in [-0.2, 0) is 6.61 Å². The van der Waals surface area contributed by atoms with Gasteiger partial charge in [-0.15, -0.1) is 0 Å². The van der Waals surface area contributed by atoms with Crippen molar-refractivity contribution in [2.75, 3.05) is 13.2 Å². The van der Waals surface area contributed by atoms with E-state index in [0.29, 0.717) is 58.6 Å². The van der Waals surface area contributed by atoms with Crippen molar-refractivity contribution in [1.29, 1.82) is 0 Å². The second-order valence-corrected chi connectivity index (χ2v) is 11.6. The van der Waals surface area contributed by atoms with Gasteiger partial charge in [0.2, 0.25) is 0 Å². The molecule has 0 atom stereocenters. The Morgan fingerprint density at radius 2 is 1.67 bits per heavy atom. The number of rotatable bonds is 11. The third-order valence-electron chi connectivity index (χ3n) is 7.39. The van der Waals surface area contributed by atoms with Crippen LogP contribution in [0.2, 0.25) is 5.02 Å². The van der Waals surface area contributed by atoms with E-state index >= 15 is 0 Å². The number of halogens is 1. The summed E-state index contributed by atoms with van der Waals surface area (Å²) < 4.78 is 19.3. The predicted molar refractivity (Wildman–Crippen MR) is 183 cm³/mol. The first-order valence-electron chi connectivity index (χ1n) is 15.2. The Morgan fingerprint density at radius 3 is 2.40 bits per heavy atom. The molecule has 0 amide bonds. The van der Waals surface area contributed by atoms with Crippen LogP contribution in [0.3, 0.4) is 0 Å². The second-order valence-electron chi connectivity index (χ2n) is 11.1. The van der Waals surface area contributed by atoms with Crippen LogP contribution in [0.15, 0.2) is 82.7 Å². The topological polar surface area (TPSA) is 74.9 Å². The summed E-state index contributed by atoms with van der Waals surface area (Å²) in [6.45, 7) is 13.4. The molecule has 0 aliphatic heterocycles. The number of ether oxygens (including phenoxy) is 3. The highest BCUT2D eigenvalue weighted by atomic mass is 35.5. The molecule has 5 aromatic rings. The predicted octanol–water partition coefficient (Wildman–Crippen LogP) is 8.72. The van der Waals surface area contributed by atoms with Gasteiger partial charge in [-0.3, -0.25) is 4.79 Å². The van der Waals surface area contributed by atoms with Crippen molar-refractivity contribution in [3.05, 3.63) is 116 Å². The Kier molecular flexibility index (Phi) is 9.89. The summed E-state index contributed by atoms with van der Waals surface area (Å²) in [6.07, 6.45) is 1.59. The van der Waals surface area contributed by atoms with E-state index < -0.39 is 0 Å². The van der Waals surface area contributed by atoms with Gasteiger partial charge in [0.15, 0.2) is 17.3 Å². The molecule has 1 heterocycles. The highest BCUT2D eigenvalue weighted by Gasteiger charge is 2.19. The van der Waals surface area contributed by atoms with Gasteiger partial charge in [0.05, 0.1) is 35.4 Å². The summed E-state index contributed by atoms with van der Waals surface area (Å²) in [7, 11) is 0. The van der Waals surface area contributed by atoms with E-state index in [9.17, 15) is 4.79 Å². The molecule has 0 bridgehead atoms. The SMILES string of the molecule is CCOc1cc(C)c(-c2nc3ccccc3c(=O)n2N=Cc2cc(Cl)c(OCc3cccc(C)c3)c(OCC)c2)cc1C(C)C. The monoisotopic (exact) mass is 623 g/mol. The maximum absolute atomic E-state index is 13.9. The maximum atomic E-state index is 13.9.